The highest BCUT2D eigenvalue weighted by molar-refractivity contribution is 6.16. The van der Waals surface area contributed by atoms with Gasteiger partial charge in [-0.05, 0) is 63.7 Å². The summed E-state index contributed by atoms with van der Waals surface area (Å²) in [5.41, 5.74) is -1.56. The van der Waals surface area contributed by atoms with Gasteiger partial charge in [0.2, 0.25) is 0 Å². The van der Waals surface area contributed by atoms with Gasteiger partial charge in [0, 0.05) is 0 Å². The van der Waals surface area contributed by atoms with Crippen LogP contribution in [-0.4, -0.2) is 27.9 Å². The predicted octanol–water partition coefficient (Wildman–Crippen LogP) is 3.39. The molecular weight excluding hydrogens is 278 g/mol. The van der Waals surface area contributed by atoms with E-state index >= 15 is 0 Å². The van der Waals surface area contributed by atoms with Crippen LogP contribution in [-0.2, 0) is 14.4 Å². The topological polar surface area (TPSA) is 46.6 Å². The number of hydroxylamine groups is 2. The Hall–Kier alpha value is -0.900. The molecule has 0 aromatic heterocycles. The Morgan fingerprint density at radius 3 is 2.23 bits per heavy atom. The number of hydrogen-bond acceptors (Lipinski definition) is 3. The van der Waals surface area contributed by atoms with Crippen molar-refractivity contribution in [3.63, 3.8) is 0 Å². The van der Waals surface area contributed by atoms with E-state index in [0.29, 0.717) is 5.92 Å². The molecule has 122 valence electrons. The fraction of sp³-hybridized carbons (Fsp3) is 0.889. The summed E-state index contributed by atoms with van der Waals surface area (Å²) in [4.78, 5) is 32.7. The highest BCUT2D eigenvalue weighted by Gasteiger charge is 2.72. The molecule has 2 saturated carbocycles. The second-order valence-electron chi connectivity index (χ2n) is 8.02. The van der Waals surface area contributed by atoms with Crippen LogP contribution in [0.4, 0.5) is 0 Å². The maximum atomic E-state index is 13.3. The van der Waals surface area contributed by atoms with Crippen molar-refractivity contribution in [2.24, 2.45) is 11.3 Å². The molecular formula is C18H27NO3. The summed E-state index contributed by atoms with van der Waals surface area (Å²) >= 11 is 0. The van der Waals surface area contributed by atoms with Crippen molar-refractivity contribution in [1.82, 2.24) is 5.06 Å². The molecule has 0 aromatic carbocycles. The van der Waals surface area contributed by atoms with Gasteiger partial charge in [-0.25, -0.2) is 5.06 Å². The molecule has 4 nitrogen and oxygen atoms in total. The average molecular weight is 305 g/mol. The van der Waals surface area contributed by atoms with Crippen LogP contribution in [0.3, 0.4) is 0 Å². The van der Waals surface area contributed by atoms with Crippen LogP contribution in [0, 0.1) is 11.3 Å². The maximum absolute atomic E-state index is 13.3. The molecule has 5 rings (SSSR count). The number of amides is 1. The lowest BCUT2D eigenvalue weighted by molar-refractivity contribution is -0.321. The average Bonchev–Trinajstić information content (AvgIpc) is 2.76. The van der Waals surface area contributed by atoms with Crippen molar-refractivity contribution in [2.75, 3.05) is 0 Å². The molecule has 5 fully saturated rings. The lowest BCUT2D eigenvalue weighted by Crippen LogP contribution is -2.63. The minimum atomic E-state index is -0.750. The molecule has 3 aliphatic heterocycles. The summed E-state index contributed by atoms with van der Waals surface area (Å²) in [6, 6.07) is 0. The third kappa shape index (κ3) is 1.57. The molecule has 2 aliphatic carbocycles. The van der Waals surface area contributed by atoms with E-state index in [1.165, 1.54) is 0 Å². The van der Waals surface area contributed by atoms with Crippen molar-refractivity contribution >= 4 is 11.7 Å². The smallest absolute Gasteiger partial charge is 0.260 e. The number of carbonyl (C=O) groups is 2. The summed E-state index contributed by atoms with van der Waals surface area (Å²) in [6.07, 6.45) is 9.05. The van der Waals surface area contributed by atoms with Crippen molar-refractivity contribution in [3.8, 4) is 0 Å². The van der Waals surface area contributed by atoms with Crippen molar-refractivity contribution in [2.45, 2.75) is 89.2 Å². The number of rotatable bonds is 2. The number of ketones is 1. The van der Waals surface area contributed by atoms with Gasteiger partial charge in [0.05, 0.1) is 5.60 Å². The Balaban J connectivity index is 1.68. The van der Waals surface area contributed by atoms with Gasteiger partial charge in [-0.1, -0.05) is 20.3 Å². The maximum Gasteiger partial charge on any atom is 0.260 e. The molecule has 3 saturated heterocycles. The molecule has 4 heteroatoms. The van der Waals surface area contributed by atoms with Gasteiger partial charge in [0.25, 0.3) is 5.91 Å². The standard InChI is InChI=1S/C18H27NO3/c1-3-13-5-7-17(8-6-13)14(20)18-11-9-16(4-2,10-12-18)22-19(18)15(17)21/h13H,3-12H2,1-2H3. The van der Waals surface area contributed by atoms with E-state index in [1.807, 2.05) is 0 Å². The van der Waals surface area contributed by atoms with Gasteiger partial charge < -0.3 is 0 Å². The fourth-order valence-corrected chi connectivity index (χ4v) is 5.42. The number of carbonyl (C=O) groups excluding carboxylic acids is 2. The molecule has 2 spiro atoms. The van der Waals surface area contributed by atoms with Gasteiger partial charge in [-0.2, -0.15) is 0 Å². The first-order chi connectivity index (χ1) is 10.5. The van der Waals surface area contributed by atoms with Crippen molar-refractivity contribution in [1.29, 1.82) is 0 Å². The Kier molecular flexibility index (Phi) is 3.04. The monoisotopic (exact) mass is 305 g/mol. The molecule has 0 unspecified atom stereocenters. The van der Waals surface area contributed by atoms with Gasteiger partial charge in [-0.15, -0.1) is 0 Å². The number of fused-ring (bicyclic) bond motifs is 2. The van der Waals surface area contributed by atoms with Crippen LogP contribution in [0.1, 0.15) is 78.1 Å². The fourth-order valence-electron chi connectivity index (χ4n) is 5.42. The number of Topliss-reactive ketones (excluding diaryl/α,β-unsaturated/α-hetero) is 1. The van der Waals surface area contributed by atoms with Gasteiger partial charge in [-0.3, -0.25) is 14.4 Å². The highest BCUT2D eigenvalue weighted by atomic mass is 16.7. The van der Waals surface area contributed by atoms with Gasteiger partial charge in [0.1, 0.15) is 11.0 Å². The van der Waals surface area contributed by atoms with Crippen LogP contribution in [0.15, 0.2) is 0 Å². The molecule has 0 atom stereocenters. The Labute approximate surface area is 132 Å². The van der Waals surface area contributed by atoms with E-state index in [0.717, 1.165) is 64.2 Å². The van der Waals surface area contributed by atoms with Crippen LogP contribution < -0.4 is 0 Å². The minimum absolute atomic E-state index is 0.00993. The van der Waals surface area contributed by atoms with E-state index in [4.69, 9.17) is 4.84 Å². The molecule has 22 heavy (non-hydrogen) atoms. The van der Waals surface area contributed by atoms with E-state index in [2.05, 4.69) is 13.8 Å². The quantitative estimate of drug-likeness (QED) is 0.735. The Morgan fingerprint density at radius 2 is 1.68 bits per heavy atom. The first kappa shape index (κ1) is 14.7. The Bertz CT molecular complexity index is 510. The number of nitrogens with zero attached hydrogens (tertiary/aromatic N) is 1. The summed E-state index contributed by atoms with van der Waals surface area (Å²) < 4.78 is 0. The highest BCUT2D eigenvalue weighted by Crippen LogP contribution is 2.59. The van der Waals surface area contributed by atoms with E-state index in [-0.39, 0.29) is 17.3 Å². The van der Waals surface area contributed by atoms with Crippen molar-refractivity contribution in [3.05, 3.63) is 0 Å². The number of hydrogen-bond donors (Lipinski definition) is 0. The lowest BCUT2D eigenvalue weighted by atomic mass is 9.62. The van der Waals surface area contributed by atoms with Gasteiger partial charge in [0.15, 0.2) is 5.78 Å². The molecule has 0 aromatic rings. The van der Waals surface area contributed by atoms with Crippen molar-refractivity contribution < 1.29 is 14.4 Å². The second-order valence-corrected chi connectivity index (χ2v) is 8.02. The van der Waals surface area contributed by atoms with Gasteiger partial charge >= 0.3 is 0 Å². The van der Waals surface area contributed by atoms with E-state index in [1.54, 1.807) is 5.06 Å². The zero-order valence-electron chi connectivity index (χ0n) is 13.8. The predicted molar refractivity (Wildman–Crippen MR) is 81.8 cm³/mol. The van der Waals surface area contributed by atoms with Crippen LogP contribution >= 0.6 is 0 Å². The summed E-state index contributed by atoms with van der Waals surface area (Å²) in [6.45, 7) is 4.33. The zero-order valence-corrected chi connectivity index (χ0v) is 13.8. The SMILES string of the molecule is CCC1CCC2(CC1)C(=O)N1OC3(CC)CCC1(CC3)C2=O. The lowest BCUT2D eigenvalue weighted by Gasteiger charge is -2.54. The summed E-state index contributed by atoms with van der Waals surface area (Å²) in [5.74, 6) is 0.869. The minimum Gasteiger partial charge on any atom is -0.296 e. The molecule has 3 heterocycles. The molecule has 0 radical (unpaired) electrons. The first-order valence-electron chi connectivity index (χ1n) is 9.11. The third-order valence-electron chi connectivity index (χ3n) is 7.29. The van der Waals surface area contributed by atoms with Crippen LogP contribution in [0.5, 0.6) is 0 Å². The Morgan fingerprint density at radius 1 is 1.05 bits per heavy atom. The van der Waals surface area contributed by atoms with E-state index in [9.17, 15) is 9.59 Å². The molecule has 1 amide bonds. The normalized spacial score (nSPS) is 47.4. The van der Waals surface area contributed by atoms with Crippen LogP contribution in [0.25, 0.3) is 0 Å². The molecule has 2 bridgehead atoms. The second kappa shape index (κ2) is 4.56. The third-order valence-corrected chi connectivity index (χ3v) is 7.29. The first-order valence-corrected chi connectivity index (χ1v) is 9.11. The summed E-state index contributed by atoms with van der Waals surface area (Å²) in [5, 5.41) is 1.57. The van der Waals surface area contributed by atoms with Crippen LogP contribution in [0.2, 0.25) is 0 Å². The van der Waals surface area contributed by atoms with E-state index < -0.39 is 11.0 Å². The molecule has 0 N–H and O–H groups in total. The zero-order chi connectivity index (χ0) is 15.6. The summed E-state index contributed by atoms with van der Waals surface area (Å²) in [7, 11) is 0. The molecule has 5 aliphatic rings. The largest absolute Gasteiger partial charge is 0.296 e.